The second-order valence-electron chi connectivity index (χ2n) is 5.69. The third kappa shape index (κ3) is 3.90. The fourth-order valence-corrected chi connectivity index (χ4v) is 1.90. The third-order valence-electron chi connectivity index (χ3n) is 2.80. The molecular formula is C14H19FN2O3. The van der Waals surface area contributed by atoms with Crippen molar-refractivity contribution in [3.05, 3.63) is 29.8 Å². The predicted molar refractivity (Wildman–Crippen MR) is 70.7 cm³/mol. The molecule has 1 aromatic rings. The van der Waals surface area contributed by atoms with Crippen LogP contribution in [0.4, 0.5) is 9.18 Å². The second-order valence-corrected chi connectivity index (χ2v) is 5.69. The summed E-state index contributed by atoms with van der Waals surface area (Å²) in [6.45, 7) is 6.71. The summed E-state index contributed by atoms with van der Waals surface area (Å²) in [5.74, 6) is -0.395. The van der Waals surface area contributed by atoms with Gasteiger partial charge in [0.25, 0.3) is 0 Å². The van der Waals surface area contributed by atoms with Crippen molar-refractivity contribution < 1.29 is 18.7 Å². The van der Waals surface area contributed by atoms with Crippen LogP contribution in [0.3, 0.4) is 0 Å². The number of hydrogen-bond acceptors (Lipinski definition) is 4. The first kappa shape index (κ1) is 14.7. The van der Waals surface area contributed by atoms with Gasteiger partial charge < -0.3 is 14.4 Å². The summed E-state index contributed by atoms with van der Waals surface area (Å²) in [6, 6.07) is 2.90. The van der Waals surface area contributed by atoms with Crippen LogP contribution in [0.25, 0.3) is 0 Å². The Labute approximate surface area is 117 Å². The zero-order valence-corrected chi connectivity index (χ0v) is 11.9. The molecule has 0 saturated carbocycles. The Morgan fingerprint density at radius 1 is 1.50 bits per heavy atom. The lowest BCUT2D eigenvalue weighted by Gasteiger charge is -2.33. The fraction of sp³-hybridized carbons (Fsp3) is 0.571. The average molecular weight is 282 g/mol. The lowest BCUT2D eigenvalue weighted by Crippen LogP contribution is -2.44. The maximum absolute atomic E-state index is 12.9. The summed E-state index contributed by atoms with van der Waals surface area (Å²) in [6.07, 6.45) is 0.426. The van der Waals surface area contributed by atoms with E-state index in [0.717, 1.165) is 6.20 Å². The van der Waals surface area contributed by atoms with Gasteiger partial charge in [0.15, 0.2) is 0 Å². The Morgan fingerprint density at radius 3 is 2.85 bits per heavy atom. The van der Waals surface area contributed by atoms with Gasteiger partial charge in [-0.3, -0.25) is 4.98 Å². The van der Waals surface area contributed by atoms with Crippen LogP contribution in [-0.2, 0) is 9.47 Å². The number of halogens is 1. The molecule has 1 aromatic heterocycles. The average Bonchev–Trinajstić information content (AvgIpc) is 2.38. The third-order valence-corrected chi connectivity index (χ3v) is 2.80. The number of carbonyl (C=O) groups excluding carboxylic acids is 1. The Hall–Kier alpha value is -1.69. The summed E-state index contributed by atoms with van der Waals surface area (Å²) in [5, 5.41) is 0. The van der Waals surface area contributed by atoms with Gasteiger partial charge >= 0.3 is 6.09 Å². The number of hydrogen-bond donors (Lipinski definition) is 0. The molecule has 0 bridgehead atoms. The molecule has 0 aliphatic carbocycles. The molecule has 0 N–H and O–H groups in total. The molecule has 1 saturated heterocycles. The first-order valence-corrected chi connectivity index (χ1v) is 6.56. The van der Waals surface area contributed by atoms with Crippen LogP contribution in [0.15, 0.2) is 18.3 Å². The molecule has 6 heteroatoms. The molecule has 5 nitrogen and oxygen atoms in total. The normalized spacial score (nSPS) is 19.8. The minimum absolute atomic E-state index is 0.350. The number of morpholine rings is 1. The van der Waals surface area contributed by atoms with Gasteiger partial charge in [0.05, 0.1) is 25.0 Å². The van der Waals surface area contributed by atoms with Gasteiger partial charge in [0, 0.05) is 6.54 Å². The summed E-state index contributed by atoms with van der Waals surface area (Å²) < 4.78 is 23.8. The zero-order valence-electron chi connectivity index (χ0n) is 11.9. The Bertz CT molecular complexity index is 470. The highest BCUT2D eigenvalue weighted by Gasteiger charge is 2.29. The van der Waals surface area contributed by atoms with Gasteiger partial charge in [-0.25, -0.2) is 9.18 Å². The lowest BCUT2D eigenvalue weighted by atomic mass is 10.2. The van der Waals surface area contributed by atoms with Crippen LogP contribution >= 0.6 is 0 Å². The summed E-state index contributed by atoms with van der Waals surface area (Å²) in [5.41, 5.74) is 0.0820. The number of pyridine rings is 1. The number of nitrogens with zero attached hydrogens (tertiary/aromatic N) is 2. The molecule has 2 heterocycles. The first-order valence-electron chi connectivity index (χ1n) is 6.56. The smallest absolute Gasteiger partial charge is 0.410 e. The van der Waals surface area contributed by atoms with Crippen molar-refractivity contribution in [3.63, 3.8) is 0 Å². The second kappa shape index (κ2) is 5.75. The van der Waals surface area contributed by atoms with Crippen LogP contribution in [0.1, 0.15) is 32.6 Å². The van der Waals surface area contributed by atoms with Gasteiger partial charge in [0.1, 0.15) is 17.5 Å². The minimum atomic E-state index is -0.529. The quantitative estimate of drug-likeness (QED) is 0.794. The van der Waals surface area contributed by atoms with E-state index >= 15 is 0 Å². The van der Waals surface area contributed by atoms with Crippen molar-refractivity contribution in [3.8, 4) is 0 Å². The maximum atomic E-state index is 12.9. The first-order chi connectivity index (χ1) is 9.35. The number of ether oxygens (including phenoxy) is 2. The van der Waals surface area contributed by atoms with Gasteiger partial charge in [-0.1, -0.05) is 0 Å². The zero-order chi connectivity index (χ0) is 14.8. The van der Waals surface area contributed by atoms with Gasteiger partial charge in [-0.2, -0.15) is 0 Å². The Balaban J connectivity index is 2.01. The van der Waals surface area contributed by atoms with Crippen LogP contribution < -0.4 is 0 Å². The topological polar surface area (TPSA) is 51.7 Å². The van der Waals surface area contributed by atoms with E-state index in [4.69, 9.17) is 9.47 Å². The van der Waals surface area contributed by atoms with Crippen molar-refractivity contribution in [2.24, 2.45) is 0 Å². The molecule has 0 aromatic carbocycles. The van der Waals surface area contributed by atoms with Gasteiger partial charge in [-0.05, 0) is 32.9 Å². The molecule has 1 fully saturated rings. The molecule has 2 rings (SSSR count). The highest BCUT2D eigenvalue weighted by Crippen LogP contribution is 2.22. The summed E-state index contributed by atoms with van der Waals surface area (Å²) in [4.78, 5) is 17.6. The molecule has 0 spiro atoms. The van der Waals surface area contributed by atoms with E-state index in [1.807, 2.05) is 20.8 Å². The van der Waals surface area contributed by atoms with Crippen LogP contribution in [0.5, 0.6) is 0 Å². The molecule has 1 aliphatic heterocycles. The van der Waals surface area contributed by atoms with Crippen molar-refractivity contribution in [1.82, 2.24) is 9.88 Å². The Kier molecular flexibility index (Phi) is 4.23. The molecule has 0 radical (unpaired) electrons. The van der Waals surface area contributed by atoms with Crippen LogP contribution in [0, 0.1) is 5.82 Å². The Morgan fingerprint density at radius 2 is 2.25 bits per heavy atom. The fourth-order valence-electron chi connectivity index (χ4n) is 1.90. The number of carbonyl (C=O) groups is 1. The minimum Gasteiger partial charge on any atom is -0.444 e. The van der Waals surface area contributed by atoms with E-state index in [-0.39, 0.29) is 12.2 Å². The molecule has 1 amide bonds. The van der Waals surface area contributed by atoms with Crippen LogP contribution in [-0.4, -0.2) is 41.3 Å². The van der Waals surface area contributed by atoms with E-state index < -0.39 is 11.4 Å². The molecule has 1 aliphatic rings. The van der Waals surface area contributed by atoms with Gasteiger partial charge in [-0.15, -0.1) is 0 Å². The SMILES string of the molecule is CC(C)(C)OC(=O)N1CCOC(c2ccc(F)cn2)C1. The van der Waals surface area contributed by atoms with Crippen molar-refractivity contribution in [1.29, 1.82) is 0 Å². The van der Waals surface area contributed by atoms with Crippen molar-refractivity contribution in [2.75, 3.05) is 19.7 Å². The maximum Gasteiger partial charge on any atom is 0.410 e. The predicted octanol–water partition coefficient (Wildman–Crippen LogP) is 2.53. The van der Waals surface area contributed by atoms with Crippen molar-refractivity contribution >= 4 is 6.09 Å². The number of amides is 1. The monoisotopic (exact) mass is 282 g/mol. The summed E-state index contributed by atoms with van der Waals surface area (Å²) in [7, 11) is 0. The van der Waals surface area contributed by atoms with E-state index in [0.29, 0.717) is 25.4 Å². The molecular weight excluding hydrogens is 263 g/mol. The van der Waals surface area contributed by atoms with E-state index in [2.05, 4.69) is 4.98 Å². The van der Waals surface area contributed by atoms with Gasteiger partial charge in [0.2, 0.25) is 0 Å². The number of aromatic nitrogens is 1. The molecule has 1 atom stereocenters. The van der Waals surface area contributed by atoms with E-state index in [1.54, 1.807) is 11.0 Å². The van der Waals surface area contributed by atoms with Crippen LogP contribution in [0.2, 0.25) is 0 Å². The molecule has 20 heavy (non-hydrogen) atoms. The summed E-state index contributed by atoms with van der Waals surface area (Å²) >= 11 is 0. The highest BCUT2D eigenvalue weighted by atomic mass is 19.1. The van der Waals surface area contributed by atoms with E-state index in [1.165, 1.54) is 6.07 Å². The van der Waals surface area contributed by atoms with Crippen molar-refractivity contribution in [2.45, 2.75) is 32.5 Å². The molecule has 110 valence electrons. The standard InChI is InChI=1S/C14H19FN2O3/c1-14(2,3)20-13(18)17-6-7-19-12(9-17)11-5-4-10(15)8-16-11/h4-5,8,12H,6-7,9H2,1-3H3. The largest absolute Gasteiger partial charge is 0.444 e. The number of rotatable bonds is 1. The van der Waals surface area contributed by atoms with E-state index in [9.17, 15) is 9.18 Å². The highest BCUT2D eigenvalue weighted by molar-refractivity contribution is 5.68. The molecule has 1 unspecified atom stereocenters. The lowest BCUT2D eigenvalue weighted by molar-refractivity contribution is -0.0447.